The van der Waals surface area contributed by atoms with Gasteiger partial charge in [-0.15, -0.1) is 0 Å². The second-order valence-electron chi connectivity index (χ2n) is 4.87. The molecule has 1 aromatic heterocycles. The van der Waals surface area contributed by atoms with Crippen LogP contribution < -0.4 is 5.32 Å². The van der Waals surface area contributed by atoms with Crippen molar-refractivity contribution in [2.24, 2.45) is 0 Å². The molecule has 0 bridgehead atoms. The Morgan fingerprint density at radius 2 is 2.35 bits per heavy atom. The van der Waals surface area contributed by atoms with E-state index in [4.69, 9.17) is 4.74 Å². The van der Waals surface area contributed by atoms with Crippen molar-refractivity contribution in [1.29, 1.82) is 0 Å². The van der Waals surface area contributed by atoms with Crippen molar-refractivity contribution in [3.8, 4) is 0 Å². The molecule has 0 aromatic carbocycles. The van der Waals surface area contributed by atoms with Gasteiger partial charge in [-0.2, -0.15) is 5.10 Å². The topological polar surface area (TPSA) is 67.0 Å². The van der Waals surface area contributed by atoms with E-state index in [-0.39, 0.29) is 18.1 Å². The largest absolute Gasteiger partial charge is 0.365 e. The van der Waals surface area contributed by atoms with Crippen molar-refractivity contribution in [2.45, 2.75) is 51.7 Å². The lowest BCUT2D eigenvalue weighted by Gasteiger charge is -2.09. The third-order valence-corrected chi connectivity index (χ3v) is 3.00. The highest BCUT2D eigenvalue weighted by Crippen LogP contribution is 2.21. The minimum atomic E-state index is -0.329. The summed E-state index contributed by atoms with van der Waals surface area (Å²) in [4.78, 5) is 11.8. The molecule has 5 nitrogen and oxygen atoms in total. The van der Waals surface area contributed by atoms with Crippen LogP contribution >= 0.6 is 0 Å². The first-order valence-electron chi connectivity index (χ1n) is 6.08. The van der Waals surface area contributed by atoms with E-state index in [0.717, 1.165) is 18.5 Å². The van der Waals surface area contributed by atoms with Crippen LogP contribution in [-0.2, 0) is 9.53 Å². The molecule has 0 spiro atoms. The van der Waals surface area contributed by atoms with Gasteiger partial charge in [0.2, 0.25) is 0 Å². The summed E-state index contributed by atoms with van der Waals surface area (Å²) in [6, 6.07) is 1.86. The van der Waals surface area contributed by atoms with Crippen LogP contribution in [0.2, 0.25) is 0 Å². The number of nitrogens with one attached hydrogen (secondary N) is 2. The fraction of sp³-hybridized carbons (Fsp3) is 0.667. The van der Waals surface area contributed by atoms with Crippen molar-refractivity contribution in [2.75, 3.05) is 5.32 Å². The molecule has 1 fully saturated rings. The molecule has 1 saturated heterocycles. The number of amides is 1. The number of carbonyl (C=O) groups excluding carboxylic acids is 1. The second-order valence-corrected chi connectivity index (χ2v) is 4.87. The van der Waals surface area contributed by atoms with Crippen molar-refractivity contribution in [3.05, 3.63) is 11.8 Å². The molecule has 0 aliphatic carbocycles. The van der Waals surface area contributed by atoms with E-state index in [1.807, 2.05) is 13.0 Å². The number of rotatable bonds is 3. The third-order valence-electron chi connectivity index (χ3n) is 3.00. The van der Waals surface area contributed by atoms with E-state index >= 15 is 0 Å². The van der Waals surface area contributed by atoms with Gasteiger partial charge in [-0.1, -0.05) is 13.8 Å². The highest BCUT2D eigenvalue weighted by Gasteiger charge is 2.28. The Bertz CT molecular complexity index is 400. The van der Waals surface area contributed by atoms with Gasteiger partial charge in [-0.3, -0.25) is 9.89 Å². The average Bonchev–Trinajstić information content (AvgIpc) is 2.86. The zero-order valence-electron chi connectivity index (χ0n) is 10.5. The molecular weight excluding hydrogens is 218 g/mol. The van der Waals surface area contributed by atoms with Crippen molar-refractivity contribution < 1.29 is 9.53 Å². The molecule has 1 aliphatic heterocycles. The Hall–Kier alpha value is -1.36. The van der Waals surface area contributed by atoms with Crippen LogP contribution in [0.15, 0.2) is 6.07 Å². The minimum Gasteiger partial charge on any atom is -0.365 e. The summed E-state index contributed by atoms with van der Waals surface area (Å²) in [5.74, 6) is 0.842. The molecule has 17 heavy (non-hydrogen) atoms. The first-order chi connectivity index (χ1) is 8.06. The Balaban J connectivity index is 1.93. The third kappa shape index (κ3) is 2.85. The predicted octanol–water partition coefficient (Wildman–Crippen LogP) is 2.04. The number of anilines is 1. The van der Waals surface area contributed by atoms with E-state index < -0.39 is 0 Å². The predicted molar refractivity (Wildman–Crippen MR) is 64.9 cm³/mol. The molecule has 94 valence electrons. The summed E-state index contributed by atoms with van der Waals surface area (Å²) in [6.07, 6.45) is 1.57. The molecule has 0 saturated carbocycles. The van der Waals surface area contributed by atoms with Gasteiger partial charge in [0, 0.05) is 11.8 Å². The molecule has 2 N–H and O–H groups in total. The maximum absolute atomic E-state index is 11.8. The van der Waals surface area contributed by atoms with Crippen LogP contribution in [0.3, 0.4) is 0 Å². The first-order valence-corrected chi connectivity index (χ1v) is 6.08. The Labute approximate surface area is 101 Å². The molecule has 2 unspecified atom stereocenters. The molecule has 1 amide bonds. The smallest absolute Gasteiger partial charge is 0.254 e. The zero-order valence-corrected chi connectivity index (χ0v) is 10.5. The van der Waals surface area contributed by atoms with Gasteiger partial charge in [0.15, 0.2) is 5.82 Å². The minimum absolute atomic E-state index is 0.101. The van der Waals surface area contributed by atoms with Gasteiger partial charge in [0.05, 0.1) is 6.10 Å². The summed E-state index contributed by atoms with van der Waals surface area (Å²) in [6.45, 7) is 6.13. The summed E-state index contributed by atoms with van der Waals surface area (Å²) in [5, 5.41) is 9.73. The maximum atomic E-state index is 11.8. The van der Waals surface area contributed by atoms with Crippen molar-refractivity contribution in [1.82, 2.24) is 10.2 Å². The van der Waals surface area contributed by atoms with E-state index in [9.17, 15) is 4.79 Å². The van der Waals surface area contributed by atoms with Crippen LogP contribution in [0.25, 0.3) is 0 Å². The number of hydrogen-bond acceptors (Lipinski definition) is 3. The SMILES string of the molecule is CC1CCC(C(=O)Nc2cc(C(C)C)[nH]n2)O1. The standard InChI is InChI=1S/C12H19N3O2/c1-7(2)9-6-11(15-14-9)13-12(16)10-5-4-8(3)17-10/h6-8,10H,4-5H2,1-3H3,(H2,13,14,15,16). The summed E-state index contributed by atoms with van der Waals surface area (Å²) in [5.41, 5.74) is 1.01. The van der Waals surface area contributed by atoms with E-state index in [1.54, 1.807) is 0 Å². The number of H-pyrrole nitrogens is 1. The van der Waals surface area contributed by atoms with Gasteiger partial charge in [-0.25, -0.2) is 0 Å². The molecule has 5 heteroatoms. The number of carbonyl (C=O) groups is 1. The highest BCUT2D eigenvalue weighted by atomic mass is 16.5. The monoisotopic (exact) mass is 237 g/mol. The van der Waals surface area contributed by atoms with Crippen molar-refractivity contribution in [3.63, 3.8) is 0 Å². The lowest BCUT2D eigenvalue weighted by atomic mass is 10.1. The van der Waals surface area contributed by atoms with Gasteiger partial charge >= 0.3 is 0 Å². The second kappa shape index (κ2) is 4.87. The molecule has 0 radical (unpaired) electrons. The van der Waals surface area contributed by atoms with Crippen LogP contribution in [0, 0.1) is 0 Å². The van der Waals surface area contributed by atoms with Crippen LogP contribution in [0.4, 0.5) is 5.82 Å². The van der Waals surface area contributed by atoms with E-state index in [0.29, 0.717) is 11.7 Å². The fourth-order valence-electron chi connectivity index (χ4n) is 1.90. The summed E-state index contributed by atoms with van der Waals surface area (Å²) in [7, 11) is 0. The molecule has 2 atom stereocenters. The van der Waals surface area contributed by atoms with Crippen molar-refractivity contribution >= 4 is 11.7 Å². The lowest BCUT2D eigenvalue weighted by molar-refractivity contribution is -0.126. The number of nitrogens with zero attached hydrogens (tertiary/aromatic N) is 1. The maximum Gasteiger partial charge on any atom is 0.254 e. The van der Waals surface area contributed by atoms with Gasteiger partial charge in [0.25, 0.3) is 5.91 Å². The molecule has 1 aromatic rings. The quantitative estimate of drug-likeness (QED) is 0.845. The summed E-state index contributed by atoms with van der Waals surface area (Å²) >= 11 is 0. The normalized spacial score (nSPS) is 24.2. The molecular formula is C12H19N3O2. The van der Waals surface area contributed by atoms with Gasteiger partial charge in [0.1, 0.15) is 6.10 Å². The Kier molecular flexibility index (Phi) is 3.47. The van der Waals surface area contributed by atoms with E-state index in [1.165, 1.54) is 0 Å². The molecule has 2 rings (SSSR count). The Morgan fingerprint density at radius 1 is 1.59 bits per heavy atom. The zero-order chi connectivity index (χ0) is 12.4. The number of aromatic amines is 1. The molecule has 1 aliphatic rings. The van der Waals surface area contributed by atoms with Gasteiger partial charge < -0.3 is 10.1 Å². The van der Waals surface area contributed by atoms with Crippen LogP contribution in [0.5, 0.6) is 0 Å². The molecule has 2 heterocycles. The van der Waals surface area contributed by atoms with Crippen LogP contribution in [-0.4, -0.2) is 28.3 Å². The highest BCUT2D eigenvalue weighted by molar-refractivity contribution is 5.93. The number of ether oxygens (including phenoxy) is 1. The van der Waals surface area contributed by atoms with Crippen LogP contribution in [0.1, 0.15) is 45.2 Å². The lowest BCUT2D eigenvalue weighted by Crippen LogP contribution is -2.27. The van der Waals surface area contributed by atoms with E-state index in [2.05, 4.69) is 29.4 Å². The fourth-order valence-corrected chi connectivity index (χ4v) is 1.90. The Morgan fingerprint density at radius 3 is 2.88 bits per heavy atom. The van der Waals surface area contributed by atoms with Gasteiger partial charge in [-0.05, 0) is 25.7 Å². The average molecular weight is 237 g/mol. The number of hydrogen-bond donors (Lipinski definition) is 2. The summed E-state index contributed by atoms with van der Waals surface area (Å²) < 4.78 is 5.50. The first kappa shape index (κ1) is 12.1. The number of aromatic nitrogens is 2.